The molecule has 17 heavy (non-hydrogen) atoms. The van der Waals surface area contributed by atoms with Crippen LogP contribution in [0.15, 0.2) is 22.7 Å². The molecule has 0 aliphatic heterocycles. The smallest absolute Gasteiger partial charge is 0.141 e. The van der Waals surface area contributed by atoms with Gasteiger partial charge in [0.2, 0.25) is 0 Å². The molecule has 0 radical (unpaired) electrons. The molecule has 1 aliphatic rings. The lowest BCUT2D eigenvalue weighted by Crippen LogP contribution is -2.28. The fourth-order valence-electron chi connectivity index (χ4n) is 2.71. The molecule has 2 unspecified atom stereocenters. The Labute approximate surface area is 110 Å². The summed E-state index contributed by atoms with van der Waals surface area (Å²) in [5, 5.41) is 0. The quantitative estimate of drug-likeness (QED) is 0.763. The van der Waals surface area contributed by atoms with Crippen molar-refractivity contribution in [3.63, 3.8) is 0 Å². The molecular formula is C14H18BrFO. The second-order valence-electron chi connectivity index (χ2n) is 5.23. The monoisotopic (exact) mass is 300 g/mol. The van der Waals surface area contributed by atoms with Crippen LogP contribution in [0.3, 0.4) is 0 Å². The van der Waals surface area contributed by atoms with Crippen LogP contribution in [0.5, 0.6) is 5.75 Å². The van der Waals surface area contributed by atoms with Crippen LogP contribution in [0.4, 0.5) is 4.39 Å². The molecule has 0 aromatic heterocycles. The number of hydrogen-bond donors (Lipinski definition) is 0. The van der Waals surface area contributed by atoms with Gasteiger partial charge in [0, 0.05) is 6.07 Å². The molecule has 1 fully saturated rings. The number of ether oxygens (including phenoxy) is 1. The third kappa shape index (κ3) is 3.44. The molecule has 3 heteroatoms. The van der Waals surface area contributed by atoms with Gasteiger partial charge in [-0.05, 0) is 59.2 Å². The summed E-state index contributed by atoms with van der Waals surface area (Å²) in [5.41, 5.74) is 0. The van der Waals surface area contributed by atoms with E-state index in [1.54, 1.807) is 6.07 Å². The molecule has 0 saturated heterocycles. The van der Waals surface area contributed by atoms with Crippen LogP contribution in [0.1, 0.15) is 33.1 Å². The van der Waals surface area contributed by atoms with Crippen molar-refractivity contribution in [3.8, 4) is 5.75 Å². The topological polar surface area (TPSA) is 9.23 Å². The maximum atomic E-state index is 13.4. The lowest BCUT2D eigenvalue weighted by atomic mass is 9.82. The maximum Gasteiger partial charge on any atom is 0.141 e. The highest BCUT2D eigenvalue weighted by atomic mass is 79.9. The van der Waals surface area contributed by atoms with Gasteiger partial charge in [0.25, 0.3) is 0 Å². The van der Waals surface area contributed by atoms with E-state index in [0.29, 0.717) is 22.1 Å². The van der Waals surface area contributed by atoms with E-state index in [4.69, 9.17) is 4.74 Å². The average Bonchev–Trinajstić information content (AvgIpc) is 2.22. The van der Waals surface area contributed by atoms with Crippen LogP contribution >= 0.6 is 15.9 Å². The molecule has 1 aromatic carbocycles. The first-order valence-corrected chi connectivity index (χ1v) is 6.95. The van der Waals surface area contributed by atoms with E-state index in [2.05, 4.69) is 29.8 Å². The van der Waals surface area contributed by atoms with Crippen molar-refractivity contribution in [2.75, 3.05) is 0 Å². The zero-order valence-electron chi connectivity index (χ0n) is 10.2. The summed E-state index contributed by atoms with van der Waals surface area (Å²) in [6.07, 6.45) is 3.65. The minimum atomic E-state index is -0.264. The number of benzene rings is 1. The van der Waals surface area contributed by atoms with Gasteiger partial charge in [-0.25, -0.2) is 4.39 Å². The predicted octanol–water partition coefficient (Wildman–Crippen LogP) is 4.79. The molecule has 2 rings (SSSR count). The molecule has 0 amide bonds. The lowest BCUT2D eigenvalue weighted by Gasteiger charge is -2.31. The van der Waals surface area contributed by atoms with Gasteiger partial charge in [0.05, 0.1) is 10.6 Å². The molecule has 1 nitrogen and oxygen atoms in total. The zero-order valence-corrected chi connectivity index (χ0v) is 11.8. The van der Waals surface area contributed by atoms with Gasteiger partial charge in [0.1, 0.15) is 11.6 Å². The zero-order chi connectivity index (χ0) is 12.4. The van der Waals surface area contributed by atoms with Crippen molar-refractivity contribution in [1.82, 2.24) is 0 Å². The van der Waals surface area contributed by atoms with E-state index in [1.165, 1.54) is 12.5 Å². The molecule has 1 saturated carbocycles. The van der Waals surface area contributed by atoms with Gasteiger partial charge < -0.3 is 4.74 Å². The normalized spacial score (nSPS) is 29.1. The highest BCUT2D eigenvalue weighted by Gasteiger charge is 2.25. The Kier molecular flexibility index (Phi) is 4.08. The van der Waals surface area contributed by atoms with Crippen molar-refractivity contribution >= 4 is 15.9 Å². The van der Waals surface area contributed by atoms with Crippen molar-refractivity contribution in [1.29, 1.82) is 0 Å². The van der Waals surface area contributed by atoms with Gasteiger partial charge in [-0.15, -0.1) is 0 Å². The number of halogens is 2. The molecule has 1 aliphatic carbocycles. The Hall–Kier alpha value is -0.570. The van der Waals surface area contributed by atoms with E-state index < -0.39 is 0 Å². The van der Waals surface area contributed by atoms with Gasteiger partial charge in [-0.1, -0.05) is 13.8 Å². The van der Waals surface area contributed by atoms with Gasteiger partial charge in [0.15, 0.2) is 0 Å². The van der Waals surface area contributed by atoms with Crippen LogP contribution in [0.25, 0.3) is 0 Å². The van der Waals surface area contributed by atoms with Crippen LogP contribution in [-0.4, -0.2) is 6.10 Å². The van der Waals surface area contributed by atoms with E-state index in [-0.39, 0.29) is 11.9 Å². The molecule has 0 N–H and O–H groups in total. The van der Waals surface area contributed by atoms with E-state index >= 15 is 0 Å². The summed E-state index contributed by atoms with van der Waals surface area (Å²) in [6.45, 7) is 4.52. The highest BCUT2D eigenvalue weighted by molar-refractivity contribution is 9.10. The third-order valence-electron chi connectivity index (χ3n) is 3.33. The van der Waals surface area contributed by atoms with Crippen LogP contribution in [0, 0.1) is 17.7 Å². The Morgan fingerprint density at radius 3 is 2.41 bits per heavy atom. The molecule has 2 atom stereocenters. The Morgan fingerprint density at radius 1 is 1.18 bits per heavy atom. The average molecular weight is 301 g/mol. The molecule has 0 heterocycles. The van der Waals surface area contributed by atoms with Crippen molar-refractivity contribution in [2.24, 2.45) is 11.8 Å². The summed E-state index contributed by atoms with van der Waals surface area (Å²) in [6, 6.07) is 4.96. The van der Waals surface area contributed by atoms with Crippen LogP contribution in [0.2, 0.25) is 0 Å². The van der Waals surface area contributed by atoms with E-state index in [1.807, 2.05) is 6.07 Å². The third-order valence-corrected chi connectivity index (χ3v) is 3.97. The summed E-state index contributed by atoms with van der Waals surface area (Å²) >= 11 is 3.14. The molecule has 0 bridgehead atoms. The Balaban J connectivity index is 2.02. The number of hydrogen-bond acceptors (Lipinski definition) is 1. The summed E-state index contributed by atoms with van der Waals surface area (Å²) in [4.78, 5) is 0. The maximum absolute atomic E-state index is 13.4. The fourth-order valence-corrected chi connectivity index (χ4v) is 2.96. The summed E-state index contributed by atoms with van der Waals surface area (Å²) in [5.74, 6) is 1.77. The van der Waals surface area contributed by atoms with Crippen LogP contribution in [-0.2, 0) is 0 Å². The first-order chi connectivity index (χ1) is 8.04. The van der Waals surface area contributed by atoms with Crippen molar-refractivity contribution in [2.45, 2.75) is 39.2 Å². The van der Waals surface area contributed by atoms with E-state index in [9.17, 15) is 4.39 Å². The lowest BCUT2D eigenvalue weighted by molar-refractivity contribution is 0.101. The number of rotatable bonds is 2. The fraction of sp³-hybridized carbons (Fsp3) is 0.571. The van der Waals surface area contributed by atoms with Crippen molar-refractivity contribution in [3.05, 3.63) is 28.5 Å². The summed E-state index contributed by atoms with van der Waals surface area (Å²) < 4.78 is 19.7. The van der Waals surface area contributed by atoms with Crippen LogP contribution < -0.4 is 4.74 Å². The first-order valence-electron chi connectivity index (χ1n) is 6.16. The second-order valence-corrected chi connectivity index (χ2v) is 6.09. The van der Waals surface area contributed by atoms with E-state index in [0.717, 1.165) is 12.8 Å². The second kappa shape index (κ2) is 5.38. The standard InChI is InChI=1S/C14H18BrFO/c1-9-5-10(2)7-12(6-9)17-11-3-4-13(15)14(16)8-11/h3-4,8-10,12H,5-7H2,1-2H3. The minimum Gasteiger partial charge on any atom is -0.490 e. The predicted molar refractivity (Wildman–Crippen MR) is 70.7 cm³/mol. The van der Waals surface area contributed by atoms with Crippen molar-refractivity contribution < 1.29 is 9.13 Å². The SMILES string of the molecule is CC1CC(C)CC(Oc2ccc(Br)c(F)c2)C1. The summed E-state index contributed by atoms with van der Waals surface area (Å²) in [7, 11) is 0. The molecule has 94 valence electrons. The Bertz CT molecular complexity index is 384. The molecule has 1 aromatic rings. The van der Waals surface area contributed by atoms with Gasteiger partial charge in [-0.2, -0.15) is 0 Å². The highest BCUT2D eigenvalue weighted by Crippen LogP contribution is 2.32. The molecular weight excluding hydrogens is 283 g/mol. The molecule has 0 spiro atoms. The largest absolute Gasteiger partial charge is 0.490 e. The van der Waals surface area contributed by atoms with Gasteiger partial charge >= 0.3 is 0 Å². The first kappa shape index (κ1) is 12.9. The van der Waals surface area contributed by atoms with Gasteiger partial charge in [-0.3, -0.25) is 0 Å². The Morgan fingerprint density at radius 2 is 1.82 bits per heavy atom. The minimum absolute atomic E-state index is 0.231.